The third-order valence-electron chi connectivity index (χ3n) is 2.74. The number of hydrogen-bond acceptors (Lipinski definition) is 4. The molecule has 0 atom stereocenters. The fourth-order valence-corrected chi connectivity index (χ4v) is 2.48. The first-order valence-corrected chi connectivity index (χ1v) is 7.85. The van der Waals surface area contributed by atoms with Crippen LogP contribution in [-0.2, 0) is 10.0 Å². The summed E-state index contributed by atoms with van der Waals surface area (Å²) in [6.07, 6.45) is 1.07. The maximum absolute atomic E-state index is 12.3. The molecule has 0 saturated heterocycles. The molecule has 6 heteroatoms. The lowest BCUT2D eigenvalue weighted by Gasteiger charge is -2.04. The second-order valence-electron chi connectivity index (χ2n) is 4.61. The number of nitrogens with one attached hydrogen (secondary N) is 1. The molecule has 106 valence electrons. The summed E-state index contributed by atoms with van der Waals surface area (Å²) in [5.41, 5.74) is 1.42. The van der Waals surface area contributed by atoms with Crippen LogP contribution < -0.4 is 4.72 Å². The maximum Gasteiger partial charge on any atom is 0.229 e. The Labute approximate surface area is 117 Å². The van der Waals surface area contributed by atoms with Crippen LogP contribution in [0.25, 0.3) is 0 Å². The van der Waals surface area contributed by atoms with Crippen molar-refractivity contribution in [1.82, 2.24) is 0 Å². The molecule has 1 aromatic heterocycles. The predicted octanol–water partition coefficient (Wildman–Crippen LogP) is 2.50. The van der Waals surface area contributed by atoms with E-state index in [0.717, 1.165) is 6.26 Å². The SMILES string of the molecule is Cc1cc(C(=O)c2ccc(NS(C)(=O)=O)cc2)c(C)o1. The summed E-state index contributed by atoms with van der Waals surface area (Å²) in [5, 5.41) is 0. The van der Waals surface area contributed by atoms with Crippen LogP contribution >= 0.6 is 0 Å². The van der Waals surface area contributed by atoms with Crippen molar-refractivity contribution in [3.05, 3.63) is 53.0 Å². The first-order valence-electron chi connectivity index (χ1n) is 5.96. The lowest BCUT2D eigenvalue weighted by atomic mass is 10.0. The van der Waals surface area contributed by atoms with E-state index in [2.05, 4.69) is 4.72 Å². The molecule has 1 N–H and O–H groups in total. The molecular formula is C14H15NO4S. The van der Waals surface area contributed by atoms with Crippen molar-refractivity contribution in [2.24, 2.45) is 0 Å². The Balaban J connectivity index is 2.26. The molecule has 0 fully saturated rings. The lowest BCUT2D eigenvalue weighted by Crippen LogP contribution is -2.09. The molecule has 1 aromatic carbocycles. The second kappa shape index (κ2) is 5.13. The zero-order valence-electron chi connectivity index (χ0n) is 11.4. The van der Waals surface area contributed by atoms with Gasteiger partial charge in [0.1, 0.15) is 11.5 Å². The molecule has 2 rings (SSSR count). The molecule has 2 aromatic rings. The topological polar surface area (TPSA) is 76.4 Å². The predicted molar refractivity (Wildman–Crippen MR) is 76.5 cm³/mol. The monoisotopic (exact) mass is 293 g/mol. The van der Waals surface area contributed by atoms with Gasteiger partial charge in [-0.05, 0) is 44.2 Å². The van der Waals surface area contributed by atoms with Crippen LogP contribution in [0.5, 0.6) is 0 Å². The van der Waals surface area contributed by atoms with Crippen LogP contribution in [-0.4, -0.2) is 20.5 Å². The third-order valence-corrected chi connectivity index (χ3v) is 3.34. The number of ketones is 1. The highest BCUT2D eigenvalue weighted by atomic mass is 32.2. The summed E-state index contributed by atoms with van der Waals surface area (Å²) >= 11 is 0. The van der Waals surface area contributed by atoms with E-state index in [1.165, 1.54) is 0 Å². The Morgan fingerprint density at radius 2 is 1.75 bits per heavy atom. The second-order valence-corrected chi connectivity index (χ2v) is 6.36. The van der Waals surface area contributed by atoms with Crippen molar-refractivity contribution in [3.63, 3.8) is 0 Å². The molecule has 0 spiro atoms. The molecule has 0 radical (unpaired) electrons. The molecule has 0 aliphatic carbocycles. The Morgan fingerprint density at radius 3 is 2.20 bits per heavy atom. The number of anilines is 1. The number of carbonyl (C=O) groups is 1. The average molecular weight is 293 g/mol. The highest BCUT2D eigenvalue weighted by molar-refractivity contribution is 7.92. The van der Waals surface area contributed by atoms with Gasteiger partial charge in [0.05, 0.1) is 11.8 Å². The highest BCUT2D eigenvalue weighted by Gasteiger charge is 2.15. The molecule has 0 amide bonds. The van der Waals surface area contributed by atoms with Gasteiger partial charge in [0, 0.05) is 11.3 Å². The van der Waals surface area contributed by atoms with Crippen molar-refractivity contribution in [3.8, 4) is 0 Å². The van der Waals surface area contributed by atoms with Crippen molar-refractivity contribution in [2.75, 3.05) is 11.0 Å². The largest absolute Gasteiger partial charge is 0.466 e. The average Bonchev–Trinajstić information content (AvgIpc) is 2.66. The van der Waals surface area contributed by atoms with Gasteiger partial charge in [-0.15, -0.1) is 0 Å². The molecule has 1 heterocycles. The van der Waals surface area contributed by atoms with Crippen LogP contribution in [0.3, 0.4) is 0 Å². The fourth-order valence-electron chi connectivity index (χ4n) is 1.92. The Bertz CT molecular complexity index is 742. The summed E-state index contributed by atoms with van der Waals surface area (Å²) in [5.74, 6) is 1.11. The van der Waals surface area contributed by atoms with Gasteiger partial charge in [-0.3, -0.25) is 9.52 Å². The van der Waals surface area contributed by atoms with Crippen molar-refractivity contribution < 1.29 is 17.6 Å². The number of furan rings is 1. The van der Waals surface area contributed by atoms with Gasteiger partial charge in [0.25, 0.3) is 0 Å². The number of carbonyl (C=O) groups excluding carboxylic acids is 1. The first-order chi connectivity index (χ1) is 9.26. The quantitative estimate of drug-likeness (QED) is 0.879. The summed E-state index contributed by atoms with van der Waals surface area (Å²) in [4.78, 5) is 12.3. The number of sulfonamides is 1. The maximum atomic E-state index is 12.3. The van der Waals surface area contributed by atoms with Crippen LogP contribution in [0.4, 0.5) is 5.69 Å². The zero-order chi connectivity index (χ0) is 14.9. The van der Waals surface area contributed by atoms with E-state index in [1.54, 1.807) is 44.2 Å². The molecule has 0 bridgehead atoms. The van der Waals surface area contributed by atoms with Gasteiger partial charge < -0.3 is 4.42 Å². The molecule has 0 aliphatic heterocycles. The molecule has 0 saturated carbocycles. The summed E-state index contributed by atoms with van der Waals surface area (Å²) in [6.45, 7) is 3.52. The van der Waals surface area contributed by atoms with Crippen molar-refractivity contribution in [1.29, 1.82) is 0 Å². The van der Waals surface area contributed by atoms with Crippen LogP contribution in [0.15, 0.2) is 34.7 Å². The van der Waals surface area contributed by atoms with Gasteiger partial charge in [0.2, 0.25) is 10.0 Å². The van der Waals surface area contributed by atoms with Crippen LogP contribution in [0.1, 0.15) is 27.4 Å². The molecule has 0 aliphatic rings. The fraction of sp³-hybridized carbons (Fsp3) is 0.214. The van der Waals surface area contributed by atoms with Gasteiger partial charge in [-0.1, -0.05) is 0 Å². The normalized spacial score (nSPS) is 11.3. The minimum atomic E-state index is -3.32. The van der Waals surface area contributed by atoms with E-state index >= 15 is 0 Å². The summed E-state index contributed by atoms with van der Waals surface area (Å²) < 4.78 is 29.9. The van der Waals surface area contributed by atoms with E-state index in [1.807, 2.05) is 0 Å². The minimum Gasteiger partial charge on any atom is -0.466 e. The molecule has 20 heavy (non-hydrogen) atoms. The van der Waals surface area contributed by atoms with E-state index < -0.39 is 10.0 Å². The smallest absolute Gasteiger partial charge is 0.229 e. The minimum absolute atomic E-state index is 0.148. The summed E-state index contributed by atoms with van der Waals surface area (Å²) in [7, 11) is -3.32. The number of rotatable bonds is 4. The van der Waals surface area contributed by atoms with Gasteiger partial charge >= 0.3 is 0 Å². The van der Waals surface area contributed by atoms with Crippen molar-refractivity contribution in [2.45, 2.75) is 13.8 Å². The van der Waals surface area contributed by atoms with Gasteiger partial charge in [-0.2, -0.15) is 0 Å². The van der Waals surface area contributed by atoms with E-state index in [9.17, 15) is 13.2 Å². The van der Waals surface area contributed by atoms with E-state index in [0.29, 0.717) is 28.3 Å². The van der Waals surface area contributed by atoms with E-state index in [-0.39, 0.29) is 5.78 Å². The van der Waals surface area contributed by atoms with Crippen molar-refractivity contribution >= 4 is 21.5 Å². The molecular weight excluding hydrogens is 278 g/mol. The number of aryl methyl sites for hydroxylation is 2. The molecule has 0 unspecified atom stereocenters. The Morgan fingerprint density at radius 1 is 1.15 bits per heavy atom. The highest BCUT2D eigenvalue weighted by Crippen LogP contribution is 2.19. The van der Waals surface area contributed by atoms with Crippen LogP contribution in [0, 0.1) is 13.8 Å². The Kier molecular flexibility index (Phi) is 3.67. The number of hydrogen-bond donors (Lipinski definition) is 1. The summed E-state index contributed by atoms with van der Waals surface area (Å²) in [6, 6.07) is 7.96. The van der Waals surface area contributed by atoms with E-state index in [4.69, 9.17) is 4.42 Å². The standard InChI is InChI=1S/C14H15NO4S/c1-9-8-13(10(2)19-9)14(16)11-4-6-12(7-5-11)15-20(3,17)18/h4-8,15H,1-3H3. The number of benzene rings is 1. The van der Waals surface area contributed by atoms with Crippen LogP contribution in [0.2, 0.25) is 0 Å². The van der Waals surface area contributed by atoms with Gasteiger partial charge in [0.15, 0.2) is 5.78 Å². The molecule has 5 nitrogen and oxygen atoms in total. The Hall–Kier alpha value is -2.08. The van der Waals surface area contributed by atoms with Gasteiger partial charge in [-0.25, -0.2) is 8.42 Å². The third kappa shape index (κ3) is 3.27. The lowest BCUT2D eigenvalue weighted by molar-refractivity contribution is 0.103. The first kappa shape index (κ1) is 14.3. The zero-order valence-corrected chi connectivity index (χ0v) is 12.2.